The summed E-state index contributed by atoms with van der Waals surface area (Å²) in [6.45, 7) is 9.40. The second-order valence-electron chi connectivity index (χ2n) is 7.40. The Balaban J connectivity index is 1.72. The van der Waals surface area contributed by atoms with Crippen LogP contribution in [-0.4, -0.2) is 65.7 Å². The van der Waals surface area contributed by atoms with Gasteiger partial charge in [0.15, 0.2) is 0 Å². The summed E-state index contributed by atoms with van der Waals surface area (Å²) in [7, 11) is 0. The predicted molar refractivity (Wildman–Crippen MR) is 102 cm³/mol. The molecule has 2 saturated heterocycles. The molecular weight excluding hydrogens is 330 g/mol. The van der Waals surface area contributed by atoms with Gasteiger partial charge >= 0.3 is 0 Å². The first-order valence-electron chi connectivity index (χ1n) is 9.94. The molecule has 2 aliphatic rings. The second-order valence-corrected chi connectivity index (χ2v) is 7.40. The lowest BCUT2D eigenvalue weighted by molar-refractivity contribution is 0.0216. The Hall–Kier alpha value is -1.66. The number of carbonyl (C=O) groups is 1. The zero-order chi connectivity index (χ0) is 18.5. The number of hydrogen-bond donors (Lipinski definition) is 0. The number of amides is 1. The Morgan fingerprint density at radius 2 is 1.92 bits per heavy atom. The summed E-state index contributed by atoms with van der Waals surface area (Å²) < 4.78 is 7.66. The number of rotatable bonds is 4. The van der Waals surface area contributed by atoms with E-state index in [1.165, 1.54) is 19.3 Å². The third kappa shape index (κ3) is 4.35. The van der Waals surface area contributed by atoms with Crippen molar-refractivity contribution in [2.24, 2.45) is 0 Å². The minimum atomic E-state index is -0.185. The number of aromatic nitrogens is 1. The number of piperidine rings is 1. The van der Waals surface area contributed by atoms with Gasteiger partial charge in [0.2, 0.25) is 0 Å². The van der Waals surface area contributed by atoms with Gasteiger partial charge in [0.05, 0.1) is 6.10 Å². The Bertz CT molecular complexity index is 679. The van der Waals surface area contributed by atoms with Crippen molar-refractivity contribution in [1.29, 1.82) is 0 Å². The van der Waals surface area contributed by atoms with Gasteiger partial charge in [0, 0.05) is 38.5 Å². The van der Waals surface area contributed by atoms with Crippen molar-refractivity contribution < 1.29 is 9.53 Å². The normalized spacial score (nSPS) is 22.2. The second kappa shape index (κ2) is 8.82. The monoisotopic (exact) mass is 361 g/mol. The van der Waals surface area contributed by atoms with Crippen LogP contribution in [0.25, 0.3) is 0 Å². The molecule has 3 heterocycles. The third-order valence-electron chi connectivity index (χ3n) is 5.49. The first-order valence-corrected chi connectivity index (χ1v) is 9.94. The highest BCUT2D eigenvalue weighted by molar-refractivity contribution is 5.94. The highest BCUT2D eigenvalue weighted by atomic mass is 16.5. The van der Waals surface area contributed by atoms with E-state index < -0.39 is 0 Å². The molecule has 1 aromatic heterocycles. The van der Waals surface area contributed by atoms with Crippen LogP contribution in [0.1, 0.15) is 48.7 Å². The Labute approximate surface area is 155 Å². The molecule has 144 valence electrons. The van der Waals surface area contributed by atoms with Gasteiger partial charge in [-0.15, -0.1) is 0 Å². The van der Waals surface area contributed by atoms with Crippen LogP contribution < -0.4 is 5.56 Å². The SMILES string of the molecule is CCn1c(C)ccc(C(=O)N2CCCOC(CN3CCCCC3)C2)c1=O. The van der Waals surface area contributed by atoms with Crippen molar-refractivity contribution in [3.63, 3.8) is 0 Å². The van der Waals surface area contributed by atoms with E-state index in [0.29, 0.717) is 26.2 Å². The maximum absolute atomic E-state index is 13.0. The van der Waals surface area contributed by atoms with Crippen LogP contribution in [0, 0.1) is 6.92 Å². The number of nitrogens with zero attached hydrogens (tertiary/aromatic N) is 3. The summed E-state index contributed by atoms with van der Waals surface area (Å²) >= 11 is 0. The van der Waals surface area contributed by atoms with Crippen LogP contribution in [0.4, 0.5) is 0 Å². The van der Waals surface area contributed by atoms with Crippen molar-refractivity contribution in [2.45, 2.75) is 52.2 Å². The molecule has 0 aromatic carbocycles. The topological polar surface area (TPSA) is 54.8 Å². The Morgan fingerprint density at radius 3 is 2.65 bits per heavy atom. The van der Waals surface area contributed by atoms with E-state index in [1.54, 1.807) is 10.6 Å². The molecule has 0 saturated carbocycles. The minimum absolute atomic E-state index is 0.0263. The number of ether oxygens (including phenoxy) is 1. The standard InChI is InChI=1S/C20H31N3O3/c1-3-23-16(2)8-9-18(20(23)25)19(24)22-12-7-13-26-17(15-22)14-21-10-5-4-6-11-21/h8-9,17H,3-7,10-15H2,1-2H3. The van der Waals surface area contributed by atoms with Crippen molar-refractivity contribution in [1.82, 2.24) is 14.4 Å². The van der Waals surface area contributed by atoms with E-state index in [-0.39, 0.29) is 23.1 Å². The smallest absolute Gasteiger partial charge is 0.263 e. The van der Waals surface area contributed by atoms with E-state index >= 15 is 0 Å². The highest BCUT2D eigenvalue weighted by Gasteiger charge is 2.27. The van der Waals surface area contributed by atoms with Crippen molar-refractivity contribution in [3.05, 3.63) is 33.7 Å². The average Bonchev–Trinajstić information content (AvgIpc) is 2.88. The maximum atomic E-state index is 13.0. The van der Waals surface area contributed by atoms with Gasteiger partial charge in [-0.1, -0.05) is 6.42 Å². The van der Waals surface area contributed by atoms with Gasteiger partial charge in [-0.3, -0.25) is 9.59 Å². The first kappa shape index (κ1) is 19.1. The number of aryl methyl sites for hydroxylation is 1. The molecule has 6 heteroatoms. The largest absolute Gasteiger partial charge is 0.375 e. The minimum Gasteiger partial charge on any atom is -0.375 e. The maximum Gasteiger partial charge on any atom is 0.263 e. The van der Waals surface area contributed by atoms with Gasteiger partial charge in [-0.05, 0) is 58.3 Å². The van der Waals surface area contributed by atoms with Gasteiger partial charge in [-0.2, -0.15) is 0 Å². The molecular formula is C20H31N3O3. The molecule has 0 radical (unpaired) electrons. The predicted octanol–water partition coefficient (Wildman–Crippen LogP) is 1.89. The van der Waals surface area contributed by atoms with Gasteiger partial charge < -0.3 is 19.1 Å². The summed E-state index contributed by atoms with van der Waals surface area (Å²) in [4.78, 5) is 30.0. The van der Waals surface area contributed by atoms with Crippen LogP contribution >= 0.6 is 0 Å². The van der Waals surface area contributed by atoms with E-state index in [9.17, 15) is 9.59 Å². The summed E-state index contributed by atoms with van der Waals surface area (Å²) in [5, 5.41) is 0. The fraction of sp³-hybridized carbons (Fsp3) is 0.700. The van der Waals surface area contributed by atoms with E-state index in [4.69, 9.17) is 4.74 Å². The van der Waals surface area contributed by atoms with Crippen LogP contribution in [0.3, 0.4) is 0 Å². The summed E-state index contributed by atoms with van der Waals surface area (Å²) in [5.74, 6) is -0.161. The number of hydrogen-bond acceptors (Lipinski definition) is 4. The molecule has 2 fully saturated rings. The molecule has 1 atom stereocenters. The van der Waals surface area contributed by atoms with Crippen LogP contribution in [0.15, 0.2) is 16.9 Å². The summed E-state index contributed by atoms with van der Waals surface area (Å²) in [5.41, 5.74) is 0.975. The molecule has 2 aliphatic heterocycles. The molecule has 1 amide bonds. The summed E-state index contributed by atoms with van der Waals surface area (Å²) in [6.07, 6.45) is 4.64. The lowest BCUT2D eigenvalue weighted by atomic mass is 10.1. The molecule has 1 unspecified atom stereocenters. The fourth-order valence-corrected chi connectivity index (χ4v) is 4.02. The Kier molecular flexibility index (Phi) is 6.48. The molecule has 0 spiro atoms. The lowest BCUT2D eigenvalue weighted by Crippen LogP contribution is -2.45. The van der Waals surface area contributed by atoms with E-state index in [0.717, 1.165) is 31.7 Å². The summed E-state index contributed by atoms with van der Waals surface area (Å²) in [6, 6.07) is 3.54. The first-order chi connectivity index (χ1) is 12.6. The lowest BCUT2D eigenvalue weighted by Gasteiger charge is -2.31. The zero-order valence-electron chi connectivity index (χ0n) is 16.1. The number of pyridine rings is 1. The zero-order valence-corrected chi connectivity index (χ0v) is 16.1. The van der Waals surface area contributed by atoms with Gasteiger partial charge in [0.25, 0.3) is 11.5 Å². The van der Waals surface area contributed by atoms with Crippen molar-refractivity contribution >= 4 is 5.91 Å². The van der Waals surface area contributed by atoms with E-state index in [1.807, 2.05) is 24.8 Å². The molecule has 1 aromatic rings. The van der Waals surface area contributed by atoms with Gasteiger partial charge in [-0.25, -0.2) is 0 Å². The highest BCUT2D eigenvalue weighted by Crippen LogP contribution is 2.14. The third-order valence-corrected chi connectivity index (χ3v) is 5.49. The van der Waals surface area contributed by atoms with Crippen molar-refractivity contribution in [3.8, 4) is 0 Å². The molecule has 6 nitrogen and oxygen atoms in total. The molecule has 0 aliphatic carbocycles. The molecule has 3 rings (SSSR count). The number of likely N-dealkylation sites (tertiary alicyclic amines) is 1. The quantitative estimate of drug-likeness (QED) is 0.822. The average molecular weight is 361 g/mol. The molecule has 0 N–H and O–H groups in total. The Morgan fingerprint density at radius 1 is 1.15 bits per heavy atom. The van der Waals surface area contributed by atoms with Crippen LogP contribution in [-0.2, 0) is 11.3 Å². The van der Waals surface area contributed by atoms with Crippen LogP contribution in [0.2, 0.25) is 0 Å². The van der Waals surface area contributed by atoms with Crippen LogP contribution in [0.5, 0.6) is 0 Å². The van der Waals surface area contributed by atoms with Crippen molar-refractivity contribution in [2.75, 3.05) is 39.3 Å². The van der Waals surface area contributed by atoms with E-state index in [2.05, 4.69) is 4.90 Å². The molecule has 26 heavy (non-hydrogen) atoms. The van der Waals surface area contributed by atoms with Gasteiger partial charge in [0.1, 0.15) is 5.56 Å². The fourth-order valence-electron chi connectivity index (χ4n) is 4.02. The number of carbonyl (C=O) groups excluding carboxylic acids is 1. The molecule has 0 bridgehead atoms.